The third kappa shape index (κ3) is 2.27. The van der Waals surface area contributed by atoms with Crippen LogP contribution in [0, 0.1) is 5.82 Å². The first-order chi connectivity index (χ1) is 7.74. The zero-order valence-corrected chi connectivity index (χ0v) is 10.1. The molecule has 1 unspecified atom stereocenters. The molecule has 0 bridgehead atoms. The van der Waals surface area contributed by atoms with E-state index in [1.165, 1.54) is 11.1 Å². The van der Waals surface area contributed by atoms with E-state index in [9.17, 15) is 4.39 Å². The van der Waals surface area contributed by atoms with Crippen LogP contribution in [0.25, 0.3) is 0 Å². The molecule has 2 heteroatoms. The Morgan fingerprint density at radius 1 is 1.38 bits per heavy atom. The summed E-state index contributed by atoms with van der Waals surface area (Å²) in [5, 5.41) is 3.67. The molecule has 1 atom stereocenters. The molecule has 0 heterocycles. The van der Waals surface area contributed by atoms with Gasteiger partial charge in [-0.05, 0) is 48.9 Å². The van der Waals surface area contributed by atoms with Crippen LogP contribution in [0.1, 0.15) is 50.3 Å². The van der Waals surface area contributed by atoms with Crippen molar-refractivity contribution in [3.63, 3.8) is 0 Å². The van der Waals surface area contributed by atoms with Gasteiger partial charge in [0.25, 0.3) is 0 Å². The van der Waals surface area contributed by atoms with Crippen molar-refractivity contribution in [1.82, 2.24) is 5.32 Å². The standard InChI is InChI=1S/C14H20FN/c1-3-12(4-2)16-14-8-5-10-9-11(15)6-7-13(10)14/h6-7,9,12,14,16H,3-5,8H2,1-2H3. The van der Waals surface area contributed by atoms with E-state index in [0.29, 0.717) is 12.1 Å². The predicted molar refractivity (Wildman–Crippen MR) is 65.0 cm³/mol. The van der Waals surface area contributed by atoms with Crippen LogP contribution < -0.4 is 5.32 Å². The Kier molecular flexibility index (Phi) is 3.59. The van der Waals surface area contributed by atoms with E-state index in [2.05, 4.69) is 19.2 Å². The summed E-state index contributed by atoms with van der Waals surface area (Å²) in [7, 11) is 0. The maximum absolute atomic E-state index is 13.1. The van der Waals surface area contributed by atoms with E-state index in [-0.39, 0.29) is 5.82 Å². The summed E-state index contributed by atoms with van der Waals surface area (Å²) in [4.78, 5) is 0. The third-order valence-electron chi connectivity index (χ3n) is 3.61. The van der Waals surface area contributed by atoms with Gasteiger partial charge in [-0.2, -0.15) is 0 Å². The normalized spacial score (nSPS) is 19.1. The van der Waals surface area contributed by atoms with Crippen molar-refractivity contribution < 1.29 is 4.39 Å². The Labute approximate surface area is 97.1 Å². The van der Waals surface area contributed by atoms with Gasteiger partial charge in [-0.15, -0.1) is 0 Å². The second kappa shape index (κ2) is 4.96. The maximum Gasteiger partial charge on any atom is 0.123 e. The lowest BCUT2D eigenvalue weighted by Crippen LogP contribution is -2.30. The molecule has 2 rings (SSSR count). The van der Waals surface area contributed by atoms with E-state index in [1.807, 2.05) is 6.07 Å². The van der Waals surface area contributed by atoms with Crippen molar-refractivity contribution in [2.24, 2.45) is 0 Å². The van der Waals surface area contributed by atoms with Crippen LogP contribution in [0.4, 0.5) is 4.39 Å². The highest BCUT2D eigenvalue weighted by molar-refractivity contribution is 5.35. The lowest BCUT2D eigenvalue weighted by molar-refractivity contribution is 0.413. The number of nitrogens with one attached hydrogen (secondary N) is 1. The summed E-state index contributed by atoms with van der Waals surface area (Å²) in [6.45, 7) is 4.42. The topological polar surface area (TPSA) is 12.0 Å². The SMILES string of the molecule is CCC(CC)NC1CCc2cc(F)ccc21. The molecule has 0 saturated carbocycles. The first kappa shape index (κ1) is 11.6. The molecule has 0 fully saturated rings. The Bertz CT molecular complexity index is 358. The van der Waals surface area contributed by atoms with Crippen LogP contribution >= 0.6 is 0 Å². The molecule has 1 N–H and O–H groups in total. The third-order valence-corrected chi connectivity index (χ3v) is 3.61. The van der Waals surface area contributed by atoms with E-state index in [1.54, 1.807) is 12.1 Å². The van der Waals surface area contributed by atoms with Crippen molar-refractivity contribution in [2.75, 3.05) is 0 Å². The lowest BCUT2D eigenvalue weighted by Gasteiger charge is -2.21. The Morgan fingerprint density at radius 2 is 2.12 bits per heavy atom. The molecule has 88 valence electrons. The van der Waals surface area contributed by atoms with E-state index in [0.717, 1.165) is 25.7 Å². The highest BCUT2D eigenvalue weighted by Crippen LogP contribution is 2.32. The van der Waals surface area contributed by atoms with E-state index < -0.39 is 0 Å². The van der Waals surface area contributed by atoms with E-state index >= 15 is 0 Å². The van der Waals surface area contributed by atoms with Crippen LogP contribution in [0.5, 0.6) is 0 Å². The van der Waals surface area contributed by atoms with Gasteiger partial charge in [-0.1, -0.05) is 19.9 Å². The number of halogens is 1. The molecule has 0 aliphatic heterocycles. The van der Waals surface area contributed by atoms with Gasteiger partial charge in [0.05, 0.1) is 0 Å². The fourth-order valence-electron chi connectivity index (χ4n) is 2.57. The average Bonchev–Trinajstić information content (AvgIpc) is 2.68. The summed E-state index contributed by atoms with van der Waals surface area (Å²) in [5.41, 5.74) is 2.48. The smallest absolute Gasteiger partial charge is 0.123 e. The zero-order chi connectivity index (χ0) is 11.5. The van der Waals surface area contributed by atoms with Gasteiger partial charge in [0.2, 0.25) is 0 Å². The highest BCUT2D eigenvalue weighted by atomic mass is 19.1. The van der Waals surface area contributed by atoms with Gasteiger partial charge < -0.3 is 5.32 Å². The van der Waals surface area contributed by atoms with Gasteiger partial charge in [0, 0.05) is 12.1 Å². The minimum Gasteiger partial charge on any atom is -0.307 e. The van der Waals surface area contributed by atoms with Gasteiger partial charge in [-0.25, -0.2) is 4.39 Å². The van der Waals surface area contributed by atoms with Crippen molar-refractivity contribution in [3.8, 4) is 0 Å². The molecule has 1 aliphatic rings. The second-order valence-electron chi connectivity index (χ2n) is 4.61. The first-order valence-corrected chi connectivity index (χ1v) is 6.29. The number of aryl methyl sites for hydroxylation is 1. The zero-order valence-electron chi connectivity index (χ0n) is 10.1. The summed E-state index contributed by atoms with van der Waals surface area (Å²) in [6, 6.07) is 6.22. The summed E-state index contributed by atoms with van der Waals surface area (Å²) in [6.07, 6.45) is 4.42. The van der Waals surface area contributed by atoms with Crippen LogP contribution in [-0.4, -0.2) is 6.04 Å². The average molecular weight is 221 g/mol. The Hall–Kier alpha value is -0.890. The van der Waals surface area contributed by atoms with Gasteiger partial charge >= 0.3 is 0 Å². The van der Waals surface area contributed by atoms with Crippen LogP contribution in [0.15, 0.2) is 18.2 Å². The van der Waals surface area contributed by atoms with Crippen molar-refractivity contribution in [1.29, 1.82) is 0 Å². The van der Waals surface area contributed by atoms with Crippen molar-refractivity contribution in [2.45, 2.75) is 51.6 Å². The van der Waals surface area contributed by atoms with Gasteiger partial charge in [0.15, 0.2) is 0 Å². The largest absolute Gasteiger partial charge is 0.307 e. The molecule has 16 heavy (non-hydrogen) atoms. The fraction of sp³-hybridized carbons (Fsp3) is 0.571. The molecule has 1 aliphatic carbocycles. The number of rotatable bonds is 4. The van der Waals surface area contributed by atoms with Crippen LogP contribution in [0.3, 0.4) is 0 Å². The summed E-state index contributed by atoms with van der Waals surface area (Å²) in [5.74, 6) is -0.109. The maximum atomic E-state index is 13.1. The van der Waals surface area contributed by atoms with Crippen molar-refractivity contribution >= 4 is 0 Å². The molecule has 1 nitrogen and oxygen atoms in total. The Morgan fingerprint density at radius 3 is 2.81 bits per heavy atom. The van der Waals surface area contributed by atoms with E-state index in [4.69, 9.17) is 0 Å². The monoisotopic (exact) mass is 221 g/mol. The summed E-state index contributed by atoms with van der Waals surface area (Å²) >= 11 is 0. The molecular formula is C14H20FN. The predicted octanol–water partition coefficient (Wildman–Crippen LogP) is 3.59. The second-order valence-corrected chi connectivity index (χ2v) is 4.61. The molecule has 1 aromatic carbocycles. The molecule has 0 amide bonds. The molecule has 0 saturated heterocycles. The molecular weight excluding hydrogens is 201 g/mol. The van der Waals surface area contributed by atoms with Gasteiger partial charge in [0.1, 0.15) is 5.82 Å². The number of hydrogen-bond acceptors (Lipinski definition) is 1. The van der Waals surface area contributed by atoms with Crippen LogP contribution in [0.2, 0.25) is 0 Å². The molecule has 0 radical (unpaired) electrons. The minimum absolute atomic E-state index is 0.109. The first-order valence-electron chi connectivity index (χ1n) is 6.29. The van der Waals surface area contributed by atoms with Crippen molar-refractivity contribution in [3.05, 3.63) is 35.1 Å². The minimum atomic E-state index is -0.109. The molecule has 0 spiro atoms. The summed E-state index contributed by atoms with van der Waals surface area (Å²) < 4.78 is 13.1. The lowest BCUT2D eigenvalue weighted by atomic mass is 10.1. The van der Waals surface area contributed by atoms with Gasteiger partial charge in [-0.3, -0.25) is 0 Å². The molecule has 1 aromatic rings. The number of hydrogen-bond donors (Lipinski definition) is 1. The quantitative estimate of drug-likeness (QED) is 0.819. The number of benzene rings is 1. The highest BCUT2D eigenvalue weighted by Gasteiger charge is 2.23. The van der Waals surface area contributed by atoms with Crippen LogP contribution in [-0.2, 0) is 6.42 Å². The molecule has 0 aromatic heterocycles. The number of fused-ring (bicyclic) bond motifs is 1. The Balaban J connectivity index is 2.11. The fourth-order valence-corrected chi connectivity index (χ4v) is 2.57.